The van der Waals surface area contributed by atoms with Crippen LogP contribution in [-0.2, 0) is 4.74 Å². The molecule has 0 unspecified atom stereocenters. The molecular weight excluding hydrogens is 310 g/mol. The van der Waals surface area contributed by atoms with E-state index < -0.39 is 6.09 Å². The van der Waals surface area contributed by atoms with Crippen molar-refractivity contribution in [1.29, 1.82) is 0 Å². The van der Waals surface area contributed by atoms with Crippen LogP contribution in [0.2, 0.25) is 0 Å². The lowest BCUT2D eigenvalue weighted by atomic mass is 10.2. The number of primary amides is 1. The van der Waals surface area contributed by atoms with Gasteiger partial charge in [0.1, 0.15) is 0 Å². The van der Waals surface area contributed by atoms with Crippen LogP contribution >= 0.6 is 0 Å². The molecule has 1 saturated carbocycles. The van der Waals surface area contributed by atoms with Gasteiger partial charge in [0.2, 0.25) is 5.88 Å². The summed E-state index contributed by atoms with van der Waals surface area (Å²) >= 11 is 0. The number of nitrogens with two attached hydrogens (primary N) is 1. The van der Waals surface area contributed by atoms with E-state index in [-0.39, 0.29) is 5.88 Å². The topological polar surface area (TPSA) is 95.5 Å². The van der Waals surface area contributed by atoms with E-state index in [4.69, 9.17) is 15.2 Å². The standard InChI is InChI=1S/C16H19N5O3/c17-16(22)24-15-7-13(21-9-12(19-10-21)11-1-2-11)14(8-18-15)20-3-5-23-6-4-20/h7-11H,1-6H2,(H2,17,22). The van der Waals surface area contributed by atoms with Gasteiger partial charge in [-0.15, -0.1) is 0 Å². The van der Waals surface area contributed by atoms with Gasteiger partial charge in [-0.2, -0.15) is 0 Å². The summed E-state index contributed by atoms with van der Waals surface area (Å²) in [6, 6.07) is 1.72. The zero-order valence-corrected chi connectivity index (χ0v) is 13.2. The maximum absolute atomic E-state index is 11.0. The second-order valence-corrected chi connectivity index (χ2v) is 6.01. The van der Waals surface area contributed by atoms with Crippen molar-refractivity contribution in [3.05, 3.63) is 30.5 Å². The van der Waals surface area contributed by atoms with Crippen LogP contribution in [0.5, 0.6) is 5.88 Å². The van der Waals surface area contributed by atoms with Gasteiger partial charge < -0.3 is 24.7 Å². The number of hydrogen-bond acceptors (Lipinski definition) is 6. The van der Waals surface area contributed by atoms with Crippen molar-refractivity contribution in [2.45, 2.75) is 18.8 Å². The minimum absolute atomic E-state index is 0.177. The third-order valence-electron chi connectivity index (χ3n) is 4.27. The van der Waals surface area contributed by atoms with Crippen LogP contribution in [0.3, 0.4) is 0 Å². The van der Waals surface area contributed by atoms with E-state index in [1.54, 1.807) is 18.6 Å². The molecule has 4 rings (SSSR count). The molecule has 8 nitrogen and oxygen atoms in total. The summed E-state index contributed by atoms with van der Waals surface area (Å²) in [7, 11) is 0. The molecule has 126 valence electrons. The Kier molecular flexibility index (Phi) is 3.81. The predicted octanol–water partition coefficient (Wildman–Crippen LogP) is 1.44. The van der Waals surface area contributed by atoms with Crippen molar-refractivity contribution in [1.82, 2.24) is 14.5 Å². The predicted molar refractivity (Wildman–Crippen MR) is 86.6 cm³/mol. The van der Waals surface area contributed by atoms with Gasteiger partial charge >= 0.3 is 6.09 Å². The lowest BCUT2D eigenvalue weighted by molar-refractivity contribution is 0.122. The first-order valence-corrected chi connectivity index (χ1v) is 8.05. The van der Waals surface area contributed by atoms with Crippen LogP contribution in [0, 0.1) is 0 Å². The number of amides is 1. The Bertz CT molecular complexity index is 750. The molecule has 2 N–H and O–H groups in total. The fourth-order valence-electron chi connectivity index (χ4n) is 2.89. The molecule has 0 aromatic carbocycles. The van der Waals surface area contributed by atoms with Crippen LogP contribution in [-0.4, -0.2) is 46.9 Å². The molecule has 0 radical (unpaired) electrons. The van der Waals surface area contributed by atoms with Crippen LogP contribution in [0.4, 0.5) is 10.5 Å². The van der Waals surface area contributed by atoms with E-state index in [0.29, 0.717) is 19.1 Å². The summed E-state index contributed by atoms with van der Waals surface area (Å²) in [6.07, 6.45) is 7.04. The largest absolute Gasteiger partial charge is 0.411 e. The number of anilines is 1. The first kappa shape index (κ1) is 14.9. The van der Waals surface area contributed by atoms with Crippen molar-refractivity contribution >= 4 is 11.8 Å². The molecule has 2 aromatic rings. The maximum atomic E-state index is 11.0. The number of carbonyl (C=O) groups excluding carboxylic acids is 1. The number of pyridine rings is 1. The van der Waals surface area contributed by atoms with E-state index in [2.05, 4.69) is 14.9 Å². The van der Waals surface area contributed by atoms with E-state index in [9.17, 15) is 4.79 Å². The summed E-state index contributed by atoms with van der Waals surface area (Å²) < 4.78 is 12.3. The highest BCUT2D eigenvalue weighted by atomic mass is 16.6. The highest BCUT2D eigenvalue weighted by Crippen LogP contribution is 2.39. The smallest absolute Gasteiger partial charge is 0.391 e. The molecular formula is C16H19N5O3. The number of ether oxygens (including phenoxy) is 2. The molecule has 3 heterocycles. The number of imidazole rings is 1. The van der Waals surface area contributed by atoms with Gasteiger partial charge in [-0.05, 0) is 12.8 Å². The van der Waals surface area contributed by atoms with E-state index >= 15 is 0 Å². The van der Waals surface area contributed by atoms with Crippen molar-refractivity contribution in [2.24, 2.45) is 5.73 Å². The summed E-state index contributed by atoms with van der Waals surface area (Å²) in [6.45, 7) is 2.93. The summed E-state index contributed by atoms with van der Waals surface area (Å²) in [5.74, 6) is 0.748. The zero-order valence-electron chi connectivity index (χ0n) is 13.2. The lowest BCUT2D eigenvalue weighted by Gasteiger charge is -2.30. The van der Waals surface area contributed by atoms with Crippen LogP contribution in [0.1, 0.15) is 24.5 Å². The van der Waals surface area contributed by atoms with Gasteiger partial charge in [0, 0.05) is 31.3 Å². The highest BCUT2D eigenvalue weighted by Gasteiger charge is 2.26. The molecule has 0 bridgehead atoms. The molecule has 1 amide bonds. The minimum Gasteiger partial charge on any atom is -0.391 e. The first-order valence-electron chi connectivity index (χ1n) is 8.05. The van der Waals surface area contributed by atoms with Crippen molar-refractivity contribution < 1.29 is 14.3 Å². The molecule has 2 aromatic heterocycles. The Morgan fingerprint density at radius 1 is 1.25 bits per heavy atom. The molecule has 2 aliphatic rings. The number of nitrogens with zero attached hydrogens (tertiary/aromatic N) is 4. The molecule has 0 spiro atoms. The minimum atomic E-state index is -0.878. The van der Waals surface area contributed by atoms with Gasteiger partial charge in [-0.1, -0.05) is 0 Å². The maximum Gasteiger partial charge on any atom is 0.411 e. The van der Waals surface area contributed by atoms with Crippen LogP contribution in [0.15, 0.2) is 24.8 Å². The summed E-state index contributed by atoms with van der Waals surface area (Å²) in [4.78, 5) is 21.9. The van der Waals surface area contributed by atoms with E-state index in [0.717, 1.165) is 30.2 Å². The monoisotopic (exact) mass is 329 g/mol. The normalized spacial score (nSPS) is 17.8. The molecule has 8 heteroatoms. The number of rotatable bonds is 4. The third kappa shape index (κ3) is 3.05. The fourth-order valence-corrected chi connectivity index (χ4v) is 2.89. The number of morpholine rings is 1. The van der Waals surface area contributed by atoms with Crippen molar-refractivity contribution in [3.8, 4) is 11.6 Å². The Morgan fingerprint density at radius 3 is 2.75 bits per heavy atom. The Morgan fingerprint density at radius 2 is 2.04 bits per heavy atom. The molecule has 1 saturated heterocycles. The van der Waals surface area contributed by atoms with E-state index in [1.807, 2.05) is 10.8 Å². The molecule has 2 fully saturated rings. The Balaban J connectivity index is 1.72. The quantitative estimate of drug-likeness (QED) is 0.912. The first-order chi connectivity index (χ1) is 11.7. The van der Waals surface area contributed by atoms with Gasteiger partial charge in [-0.3, -0.25) is 0 Å². The third-order valence-corrected chi connectivity index (χ3v) is 4.27. The van der Waals surface area contributed by atoms with Gasteiger partial charge in [0.15, 0.2) is 0 Å². The molecule has 1 aliphatic heterocycles. The van der Waals surface area contributed by atoms with Crippen molar-refractivity contribution in [3.63, 3.8) is 0 Å². The number of hydrogen-bond donors (Lipinski definition) is 1. The lowest BCUT2D eigenvalue weighted by Crippen LogP contribution is -2.36. The number of aromatic nitrogens is 3. The molecule has 1 aliphatic carbocycles. The van der Waals surface area contributed by atoms with Crippen molar-refractivity contribution in [2.75, 3.05) is 31.2 Å². The SMILES string of the molecule is NC(=O)Oc1cc(-n2cnc(C3CC3)c2)c(N2CCOCC2)cn1. The average molecular weight is 329 g/mol. The zero-order chi connectivity index (χ0) is 16.5. The average Bonchev–Trinajstić information content (AvgIpc) is 3.32. The van der Waals surface area contributed by atoms with E-state index in [1.165, 1.54) is 12.8 Å². The summed E-state index contributed by atoms with van der Waals surface area (Å²) in [5.41, 5.74) is 8.01. The Hall–Kier alpha value is -2.61. The number of carbonyl (C=O) groups is 1. The summed E-state index contributed by atoms with van der Waals surface area (Å²) in [5, 5.41) is 0. The highest BCUT2D eigenvalue weighted by molar-refractivity contribution is 5.69. The Labute approximate surface area is 139 Å². The second kappa shape index (κ2) is 6.12. The van der Waals surface area contributed by atoms with Crippen LogP contribution < -0.4 is 15.4 Å². The van der Waals surface area contributed by atoms with Gasteiger partial charge in [0.25, 0.3) is 0 Å². The second-order valence-electron chi connectivity index (χ2n) is 6.01. The molecule has 24 heavy (non-hydrogen) atoms. The van der Waals surface area contributed by atoms with Gasteiger partial charge in [-0.25, -0.2) is 14.8 Å². The van der Waals surface area contributed by atoms with Gasteiger partial charge in [0.05, 0.1) is 42.8 Å². The van der Waals surface area contributed by atoms with Crippen LogP contribution in [0.25, 0.3) is 5.69 Å². The fraction of sp³-hybridized carbons (Fsp3) is 0.438. The molecule has 0 atom stereocenters.